The van der Waals surface area contributed by atoms with E-state index in [1.807, 2.05) is 0 Å². The van der Waals surface area contributed by atoms with Gasteiger partial charge in [0.05, 0.1) is 6.61 Å². The lowest BCUT2D eigenvalue weighted by Gasteiger charge is -2.06. The lowest BCUT2D eigenvalue weighted by molar-refractivity contribution is 0.282. The Kier molecular flexibility index (Phi) is 3.10. The molecular formula is C8H13N3OS. The average molecular weight is 199 g/mol. The molecule has 0 spiro atoms. The van der Waals surface area contributed by atoms with Crippen molar-refractivity contribution in [3.8, 4) is 5.19 Å². The molecule has 1 atom stereocenters. The second-order valence-corrected chi connectivity index (χ2v) is 3.95. The molecule has 1 unspecified atom stereocenters. The quantitative estimate of drug-likeness (QED) is 0.783. The minimum absolute atomic E-state index is 0.686. The zero-order valence-corrected chi connectivity index (χ0v) is 8.22. The third kappa shape index (κ3) is 2.63. The van der Waals surface area contributed by atoms with Gasteiger partial charge in [-0.15, -0.1) is 0 Å². The van der Waals surface area contributed by atoms with Gasteiger partial charge in [0.1, 0.15) is 6.33 Å². The fourth-order valence-electron chi connectivity index (χ4n) is 1.50. The predicted octanol–water partition coefficient (Wildman–Crippen LogP) is 0.916. The molecule has 2 rings (SSSR count). The van der Waals surface area contributed by atoms with Crippen molar-refractivity contribution < 1.29 is 4.74 Å². The maximum absolute atomic E-state index is 5.43. The molecule has 72 valence electrons. The summed E-state index contributed by atoms with van der Waals surface area (Å²) in [5, 5.41) is 4.02. The average Bonchev–Trinajstić information content (AvgIpc) is 2.75. The number of aromatic nitrogens is 2. The van der Waals surface area contributed by atoms with Crippen molar-refractivity contribution >= 4 is 11.5 Å². The van der Waals surface area contributed by atoms with Gasteiger partial charge in [0.25, 0.3) is 5.19 Å². The zero-order valence-electron chi connectivity index (χ0n) is 7.40. The van der Waals surface area contributed by atoms with Crippen molar-refractivity contribution in [1.29, 1.82) is 0 Å². The zero-order chi connectivity index (χ0) is 8.93. The topological polar surface area (TPSA) is 47.0 Å². The molecule has 1 aromatic heterocycles. The van der Waals surface area contributed by atoms with E-state index in [-0.39, 0.29) is 0 Å². The van der Waals surface area contributed by atoms with Crippen LogP contribution in [-0.4, -0.2) is 29.1 Å². The molecule has 1 N–H and O–H groups in total. The predicted molar refractivity (Wildman–Crippen MR) is 51.0 cm³/mol. The fourth-order valence-corrected chi connectivity index (χ4v) is 1.92. The minimum atomic E-state index is 0.686. The van der Waals surface area contributed by atoms with Gasteiger partial charge in [0, 0.05) is 11.5 Å². The van der Waals surface area contributed by atoms with Crippen LogP contribution in [0.25, 0.3) is 0 Å². The summed E-state index contributed by atoms with van der Waals surface area (Å²) in [6.07, 6.45) is 3.92. The van der Waals surface area contributed by atoms with E-state index in [1.165, 1.54) is 24.3 Å². The van der Waals surface area contributed by atoms with E-state index in [2.05, 4.69) is 14.7 Å². The van der Waals surface area contributed by atoms with Crippen molar-refractivity contribution in [3.63, 3.8) is 0 Å². The van der Waals surface area contributed by atoms with Gasteiger partial charge in [-0.3, -0.25) is 0 Å². The molecule has 0 radical (unpaired) electrons. The molecule has 1 saturated heterocycles. The van der Waals surface area contributed by atoms with E-state index < -0.39 is 0 Å². The normalized spacial score (nSPS) is 22.0. The summed E-state index contributed by atoms with van der Waals surface area (Å²) < 4.78 is 9.29. The Bertz CT molecular complexity index is 234. The molecule has 0 saturated carbocycles. The summed E-state index contributed by atoms with van der Waals surface area (Å²) >= 11 is 1.31. The molecule has 0 bridgehead atoms. The summed E-state index contributed by atoms with van der Waals surface area (Å²) in [4.78, 5) is 3.95. The number of ether oxygens (including phenoxy) is 1. The van der Waals surface area contributed by atoms with Crippen LogP contribution in [0.1, 0.15) is 12.8 Å². The third-order valence-electron chi connectivity index (χ3n) is 2.26. The van der Waals surface area contributed by atoms with E-state index in [0.29, 0.717) is 5.19 Å². The van der Waals surface area contributed by atoms with E-state index in [1.54, 1.807) is 0 Å². The van der Waals surface area contributed by atoms with Gasteiger partial charge in [-0.1, -0.05) is 0 Å². The van der Waals surface area contributed by atoms with Crippen molar-refractivity contribution in [3.05, 3.63) is 6.33 Å². The van der Waals surface area contributed by atoms with Crippen molar-refractivity contribution in [2.45, 2.75) is 12.8 Å². The largest absolute Gasteiger partial charge is 0.469 e. The number of rotatable bonds is 4. The van der Waals surface area contributed by atoms with Crippen LogP contribution < -0.4 is 10.1 Å². The second kappa shape index (κ2) is 4.53. The Hall–Kier alpha value is -0.680. The Morgan fingerprint density at radius 3 is 3.38 bits per heavy atom. The molecule has 13 heavy (non-hydrogen) atoms. The maximum Gasteiger partial charge on any atom is 0.292 e. The molecule has 4 nitrogen and oxygen atoms in total. The number of nitrogens with one attached hydrogen (secondary N) is 1. The van der Waals surface area contributed by atoms with E-state index in [4.69, 9.17) is 4.74 Å². The van der Waals surface area contributed by atoms with Gasteiger partial charge < -0.3 is 10.1 Å². The first-order chi connectivity index (χ1) is 6.45. The summed E-state index contributed by atoms with van der Waals surface area (Å²) in [5.41, 5.74) is 0. The molecule has 2 heterocycles. The maximum atomic E-state index is 5.43. The third-order valence-corrected chi connectivity index (χ3v) is 2.83. The Labute approximate surface area is 81.5 Å². The summed E-state index contributed by atoms with van der Waals surface area (Å²) in [7, 11) is 0. The molecule has 5 heteroatoms. The van der Waals surface area contributed by atoms with Gasteiger partial charge in [0.2, 0.25) is 0 Å². The molecule has 0 aliphatic carbocycles. The molecule has 1 aliphatic rings. The number of hydrogen-bond acceptors (Lipinski definition) is 5. The van der Waals surface area contributed by atoms with Crippen molar-refractivity contribution in [2.75, 3.05) is 19.7 Å². The highest BCUT2D eigenvalue weighted by Gasteiger charge is 2.14. The van der Waals surface area contributed by atoms with E-state index >= 15 is 0 Å². The van der Waals surface area contributed by atoms with Crippen LogP contribution in [0.15, 0.2) is 6.33 Å². The number of hydrogen-bond donors (Lipinski definition) is 1. The monoisotopic (exact) mass is 199 g/mol. The van der Waals surface area contributed by atoms with Gasteiger partial charge in [-0.05, 0) is 31.8 Å². The van der Waals surface area contributed by atoms with Crippen LogP contribution in [-0.2, 0) is 0 Å². The van der Waals surface area contributed by atoms with Gasteiger partial charge in [0.15, 0.2) is 0 Å². The molecule has 1 fully saturated rings. The van der Waals surface area contributed by atoms with Crippen molar-refractivity contribution in [1.82, 2.24) is 14.7 Å². The van der Waals surface area contributed by atoms with Crippen LogP contribution in [0, 0.1) is 5.92 Å². The van der Waals surface area contributed by atoms with Gasteiger partial charge >= 0.3 is 0 Å². The van der Waals surface area contributed by atoms with Crippen LogP contribution >= 0.6 is 11.5 Å². The molecule has 0 amide bonds. The van der Waals surface area contributed by atoms with Crippen LogP contribution in [0.3, 0.4) is 0 Å². The lowest BCUT2D eigenvalue weighted by Crippen LogP contribution is -2.11. The van der Waals surface area contributed by atoms with Crippen molar-refractivity contribution in [2.24, 2.45) is 5.92 Å². The highest BCUT2D eigenvalue weighted by atomic mass is 32.1. The molecule has 0 aromatic carbocycles. The Morgan fingerprint density at radius 2 is 2.69 bits per heavy atom. The first-order valence-corrected chi connectivity index (χ1v) is 5.32. The highest BCUT2D eigenvalue weighted by Crippen LogP contribution is 2.14. The van der Waals surface area contributed by atoms with Crippen LogP contribution in [0.2, 0.25) is 0 Å². The molecule has 1 aromatic rings. The lowest BCUT2D eigenvalue weighted by atomic mass is 10.1. The van der Waals surface area contributed by atoms with Crippen LogP contribution in [0.5, 0.6) is 5.19 Å². The highest BCUT2D eigenvalue weighted by molar-refractivity contribution is 7.07. The molecule has 1 aliphatic heterocycles. The van der Waals surface area contributed by atoms with E-state index in [9.17, 15) is 0 Å². The fraction of sp³-hybridized carbons (Fsp3) is 0.750. The minimum Gasteiger partial charge on any atom is -0.469 e. The van der Waals surface area contributed by atoms with E-state index in [0.717, 1.165) is 32.0 Å². The second-order valence-electron chi connectivity index (χ2n) is 3.20. The van der Waals surface area contributed by atoms with Gasteiger partial charge in [-0.25, -0.2) is 0 Å². The number of nitrogens with zero attached hydrogens (tertiary/aromatic N) is 2. The first kappa shape index (κ1) is 8.90. The summed E-state index contributed by atoms with van der Waals surface area (Å²) in [5.74, 6) is 0.785. The SMILES string of the molecule is c1nsc(OCCC2CCNC2)n1. The summed E-state index contributed by atoms with van der Waals surface area (Å²) in [6.45, 7) is 3.06. The van der Waals surface area contributed by atoms with Gasteiger partial charge in [-0.2, -0.15) is 9.36 Å². The molecular weight excluding hydrogens is 186 g/mol. The Morgan fingerprint density at radius 1 is 1.69 bits per heavy atom. The summed E-state index contributed by atoms with van der Waals surface area (Å²) in [6, 6.07) is 0. The van der Waals surface area contributed by atoms with Crippen LogP contribution in [0.4, 0.5) is 0 Å². The Balaban J connectivity index is 1.63. The smallest absolute Gasteiger partial charge is 0.292 e. The standard InChI is InChI=1S/C8H13N3OS/c1-3-9-5-7(1)2-4-12-8-10-6-11-13-8/h6-7,9H,1-5H2. The first-order valence-electron chi connectivity index (χ1n) is 4.55.